The van der Waals surface area contributed by atoms with Crippen LogP contribution in [-0.2, 0) is 0 Å². The van der Waals surface area contributed by atoms with E-state index in [9.17, 15) is 4.79 Å². The predicted molar refractivity (Wildman–Crippen MR) is 65.9 cm³/mol. The number of carbonyl (C=O) groups is 1. The molecule has 1 saturated carbocycles. The average Bonchev–Trinajstić information content (AvgIpc) is 2.21. The molecule has 4 heteroatoms. The van der Waals surface area contributed by atoms with Gasteiger partial charge in [0, 0.05) is 0 Å². The molecule has 0 heterocycles. The number of benzene rings is 1. The van der Waals surface area contributed by atoms with Crippen molar-refractivity contribution in [1.82, 2.24) is 0 Å². The van der Waals surface area contributed by atoms with Crippen molar-refractivity contribution in [3.63, 3.8) is 0 Å². The molecule has 1 aliphatic carbocycles. The Labute approximate surface area is 105 Å². The second-order valence-corrected chi connectivity index (χ2v) is 4.79. The fourth-order valence-electron chi connectivity index (χ4n) is 1.88. The number of hydrogen-bond donors (Lipinski definition) is 1. The van der Waals surface area contributed by atoms with Crippen molar-refractivity contribution < 1.29 is 14.6 Å². The summed E-state index contributed by atoms with van der Waals surface area (Å²) in [7, 11) is 0. The van der Waals surface area contributed by atoms with Crippen molar-refractivity contribution in [3.8, 4) is 5.75 Å². The molecule has 92 valence electrons. The van der Waals surface area contributed by atoms with Gasteiger partial charge in [0.05, 0.1) is 17.2 Å². The van der Waals surface area contributed by atoms with Crippen molar-refractivity contribution in [3.05, 3.63) is 28.8 Å². The van der Waals surface area contributed by atoms with Crippen LogP contribution in [0, 0.1) is 5.92 Å². The lowest BCUT2D eigenvalue weighted by Gasteiger charge is -2.24. The quantitative estimate of drug-likeness (QED) is 0.873. The number of aromatic carboxylic acids is 1. The van der Waals surface area contributed by atoms with Gasteiger partial charge in [0.2, 0.25) is 0 Å². The molecule has 0 spiro atoms. The number of hydrogen-bond acceptors (Lipinski definition) is 2. The van der Waals surface area contributed by atoms with Crippen molar-refractivity contribution in [1.29, 1.82) is 0 Å². The van der Waals surface area contributed by atoms with E-state index in [1.54, 1.807) is 12.1 Å². The van der Waals surface area contributed by atoms with Gasteiger partial charge in [-0.1, -0.05) is 30.9 Å². The van der Waals surface area contributed by atoms with E-state index in [0.29, 0.717) is 12.4 Å². The largest absolute Gasteiger partial charge is 0.494 e. The summed E-state index contributed by atoms with van der Waals surface area (Å²) in [6.45, 7) is 0.674. The highest BCUT2D eigenvalue weighted by molar-refractivity contribution is 6.33. The van der Waals surface area contributed by atoms with E-state index in [2.05, 4.69) is 0 Å². The molecule has 0 unspecified atom stereocenters. The molecule has 0 amide bonds. The van der Waals surface area contributed by atoms with E-state index < -0.39 is 5.97 Å². The first kappa shape index (κ1) is 12.2. The summed E-state index contributed by atoms with van der Waals surface area (Å²) >= 11 is 5.84. The first-order valence-electron chi connectivity index (χ1n) is 5.82. The highest BCUT2D eigenvalue weighted by Gasteiger charge is 2.17. The second kappa shape index (κ2) is 5.41. The number of ether oxygens (including phenoxy) is 1. The third-order valence-electron chi connectivity index (χ3n) is 3.19. The van der Waals surface area contributed by atoms with Crippen molar-refractivity contribution >= 4 is 17.6 Å². The summed E-state index contributed by atoms with van der Waals surface area (Å²) < 4.78 is 5.55. The molecular formula is C13H15ClO3. The molecule has 0 atom stereocenters. The molecule has 0 bridgehead atoms. The molecule has 17 heavy (non-hydrogen) atoms. The number of rotatable bonds is 5. The lowest BCUT2D eigenvalue weighted by atomic mass is 9.83. The standard InChI is InChI=1S/C13H15ClO3/c14-12-8-10(4-5-11(12)13(15)16)17-7-6-9-2-1-3-9/h4-5,8-9H,1-3,6-7H2,(H,15,16). The van der Waals surface area contributed by atoms with E-state index in [1.165, 1.54) is 25.3 Å². The van der Waals surface area contributed by atoms with E-state index in [0.717, 1.165) is 12.3 Å². The second-order valence-electron chi connectivity index (χ2n) is 4.38. The molecule has 0 saturated heterocycles. The zero-order chi connectivity index (χ0) is 12.3. The van der Waals surface area contributed by atoms with Crippen LogP contribution in [0.2, 0.25) is 5.02 Å². The smallest absolute Gasteiger partial charge is 0.337 e. The van der Waals surface area contributed by atoms with E-state index in [4.69, 9.17) is 21.4 Å². The lowest BCUT2D eigenvalue weighted by Crippen LogP contribution is -2.14. The summed E-state index contributed by atoms with van der Waals surface area (Å²) in [5, 5.41) is 9.04. The van der Waals surface area contributed by atoms with Gasteiger partial charge in [0.25, 0.3) is 0 Å². The Balaban J connectivity index is 1.88. The van der Waals surface area contributed by atoms with E-state index in [-0.39, 0.29) is 10.6 Å². The molecule has 2 rings (SSSR count). The molecule has 1 aromatic rings. The van der Waals surface area contributed by atoms with Crippen molar-refractivity contribution in [2.75, 3.05) is 6.61 Å². The van der Waals surface area contributed by atoms with Gasteiger partial charge in [0.15, 0.2) is 0 Å². The minimum atomic E-state index is -1.02. The van der Waals surface area contributed by atoms with Gasteiger partial charge in [-0.2, -0.15) is 0 Å². The number of carboxylic acid groups (broad SMARTS) is 1. The van der Waals surface area contributed by atoms with Crippen molar-refractivity contribution in [2.24, 2.45) is 5.92 Å². The van der Waals surface area contributed by atoms with Crippen LogP contribution in [0.25, 0.3) is 0 Å². The molecule has 1 fully saturated rings. The average molecular weight is 255 g/mol. The topological polar surface area (TPSA) is 46.5 Å². The molecular weight excluding hydrogens is 240 g/mol. The van der Waals surface area contributed by atoms with Gasteiger partial charge in [-0.05, 0) is 30.5 Å². The SMILES string of the molecule is O=C(O)c1ccc(OCCC2CCC2)cc1Cl. The summed E-state index contributed by atoms with van der Waals surface area (Å²) in [5.74, 6) is 0.430. The Morgan fingerprint density at radius 3 is 2.76 bits per heavy atom. The number of halogens is 1. The maximum atomic E-state index is 10.8. The summed E-state index contributed by atoms with van der Waals surface area (Å²) in [6, 6.07) is 4.69. The Morgan fingerprint density at radius 1 is 1.47 bits per heavy atom. The van der Waals surface area contributed by atoms with Crippen LogP contribution in [0.15, 0.2) is 18.2 Å². The Kier molecular flexibility index (Phi) is 3.89. The Bertz CT molecular complexity index is 413. The van der Waals surface area contributed by atoms with Gasteiger partial charge >= 0.3 is 5.97 Å². The van der Waals surface area contributed by atoms with Crippen LogP contribution in [0.4, 0.5) is 0 Å². The third-order valence-corrected chi connectivity index (χ3v) is 3.50. The van der Waals surface area contributed by atoms with Gasteiger partial charge in [-0.3, -0.25) is 0 Å². The number of carboxylic acids is 1. The highest BCUT2D eigenvalue weighted by Crippen LogP contribution is 2.29. The summed E-state index contributed by atoms with van der Waals surface area (Å²) in [4.78, 5) is 10.8. The zero-order valence-corrected chi connectivity index (χ0v) is 10.2. The maximum absolute atomic E-state index is 10.8. The zero-order valence-electron chi connectivity index (χ0n) is 9.49. The Hall–Kier alpha value is -1.22. The monoisotopic (exact) mass is 254 g/mol. The highest BCUT2D eigenvalue weighted by atomic mass is 35.5. The van der Waals surface area contributed by atoms with Crippen LogP contribution in [-0.4, -0.2) is 17.7 Å². The molecule has 0 aliphatic heterocycles. The van der Waals surface area contributed by atoms with Crippen molar-refractivity contribution in [2.45, 2.75) is 25.7 Å². The summed E-state index contributed by atoms with van der Waals surface area (Å²) in [6.07, 6.45) is 5.02. The fraction of sp³-hybridized carbons (Fsp3) is 0.462. The van der Waals surface area contributed by atoms with E-state index in [1.807, 2.05) is 0 Å². The lowest BCUT2D eigenvalue weighted by molar-refractivity contribution is 0.0697. The van der Waals surface area contributed by atoms with Gasteiger partial charge in [0.1, 0.15) is 5.75 Å². The first-order chi connectivity index (χ1) is 8.16. The fourth-order valence-corrected chi connectivity index (χ4v) is 2.14. The predicted octanol–water partition coefficient (Wildman–Crippen LogP) is 3.61. The molecule has 1 aliphatic rings. The van der Waals surface area contributed by atoms with Crippen LogP contribution in [0.3, 0.4) is 0 Å². The maximum Gasteiger partial charge on any atom is 0.337 e. The molecule has 1 N–H and O–H groups in total. The minimum Gasteiger partial charge on any atom is -0.494 e. The minimum absolute atomic E-state index is 0.109. The molecule has 0 aromatic heterocycles. The van der Waals surface area contributed by atoms with Gasteiger partial charge in [-0.25, -0.2) is 4.79 Å². The van der Waals surface area contributed by atoms with Crippen LogP contribution in [0.1, 0.15) is 36.0 Å². The molecule has 0 radical (unpaired) electrons. The van der Waals surface area contributed by atoms with Crippen LogP contribution >= 0.6 is 11.6 Å². The van der Waals surface area contributed by atoms with Gasteiger partial charge < -0.3 is 9.84 Å². The molecule has 3 nitrogen and oxygen atoms in total. The van der Waals surface area contributed by atoms with E-state index >= 15 is 0 Å². The van der Waals surface area contributed by atoms with Crippen LogP contribution < -0.4 is 4.74 Å². The Morgan fingerprint density at radius 2 is 2.24 bits per heavy atom. The third kappa shape index (κ3) is 3.13. The first-order valence-corrected chi connectivity index (χ1v) is 6.20. The van der Waals surface area contributed by atoms with Crippen LogP contribution in [0.5, 0.6) is 5.75 Å². The van der Waals surface area contributed by atoms with Gasteiger partial charge in [-0.15, -0.1) is 0 Å². The normalized spacial score (nSPS) is 15.4. The summed E-state index contributed by atoms with van der Waals surface area (Å²) in [5.41, 5.74) is 0.109. The molecule has 1 aromatic carbocycles.